The summed E-state index contributed by atoms with van der Waals surface area (Å²) < 4.78 is 38.6. The second-order valence-corrected chi connectivity index (χ2v) is 2.58. The number of benzene rings is 1. The second kappa shape index (κ2) is 3.50. The van der Waals surface area contributed by atoms with Crippen LogP contribution in [-0.4, -0.2) is 5.78 Å². The molecule has 0 fully saturated rings. The van der Waals surface area contributed by atoms with Gasteiger partial charge in [0.2, 0.25) is 0 Å². The largest absolute Gasteiger partial charge is 0.294 e. The molecule has 0 saturated carbocycles. The summed E-state index contributed by atoms with van der Waals surface area (Å²) in [5.74, 6) is -5.07. The van der Waals surface area contributed by atoms with E-state index in [2.05, 4.69) is 0 Å². The maximum absolute atomic E-state index is 13.1. The first-order chi connectivity index (χ1) is 6.49. The minimum atomic E-state index is -1.57. The Hall–Kier alpha value is -1.83. The highest BCUT2D eigenvalue weighted by Gasteiger charge is 2.20. The quantitative estimate of drug-likeness (QED) is 0.513. The predicted octanol–water partition coefficient (Wildman–Crippen LogP) is 2.18. The number of rotatable bonds is 1. The monoisotopic (exact) mass is 199 g/mol. The van der Waals surface area contributed by atoms with Crippen molar-refractivity contribution < 1.29 is 18.0 Å². The minimum Gasteiger partial charge on any atom is -0.294 e. The molecule has 0 saturated heterocycles. The molecular weight excluding hydrogens is 195 g/mol. The molecule has 0 aliphatic rings. The van der Waals surface area contributed by atoms with Crippen molar-refractivity contribution in [3.63, 3.8) is 0 Å². The number of carbonyl (C=O) groups is 1. The van der Waals surface area contributed by atoms with Crippen LogP contribution in [0, 0.1) is 28.8 Å². The lowest BCUT2D eigenvalue weighted by molar-refractivity contribution is 0.101. The van der Waals surface area contributed by atoms with Crippen molar-refractivity contribution >= 4 is 5.78 Å². The molecule has 0 radical (unpaired) electrons. The average molecular weight is 199 g/mol. The summed E-state index contributed by atoms with van der Waals surface area (Å²) in [5.41, 5.74) is -1.70. The number of halogens is 3. The van der Waals surface area contributed by atoms with Crippen molar-refractivity contribution in [2.45, 2.75) is 6.92 Å². The summed E-state index contributed by atoms with van der Waals surface area (Å²) in [5, 5.41) is 8.32. The molecule has 2 nitrogen and oxygen atoms in total. The molecule has 1 aromatic rings. The van der Waals surface area contributed by atoms with Crippen LogP contribution in [0.2, 0.25) is 0 Å². The van der Waals surface area contributed by atoms with Gasteiger partial charge in [-0.05, 0) is 13.0 Å². The molecule has 0 spiro atoms. The summed E-state index contributed by atoms with van der Waals surface area (Å²) >= 11 is 0. The Morgan fingerprint density at radius 3 is 2.36 bits per heavy atom. The van der Waals surface area contributed by atoms with Gasteiger partial charge >= 0.3 is 0 Å². The Kier molecular flexibility index (Phi) is 2.56. The Morgan fingerprint density at radius 1 is 1.36 bits per heavy atom. The molecule has 0 atom stereocenters. The van der Waals surface area contributed by atoms with E-state index in [0.29, 0.717) is 6.07 Å². The highest BCUT2D eigenvalue weighted by atomic mass is 19.2. The van der Waals surface area contributed by atoms with Gasteiger partial charge in [-0.15, -0.1) is 0 Å². The summed E-state index contributed by atoms with van der Waals surface area (Å²) in [7, 11) is 0. The van der Waals surface area contributed by atoms with Crippen molar-refractivity contribution in [2.75, 3.05) is 0 Å². The molecule has 0 aliphatic carbocycles. The highest BCUT2D eigenvalue weighted by Crippen LogP contribution is 2.19. The van der Waals surface area contributed by atoms with Gasteiger partial charge in [-0.3, -0.25) is 4.79 Å². The maximum atomic E-state index is 13.1. The standard InChI is InChI=1S/C9H4F3NO/c1-4(14)5-2-7(10)9(12)6(3-13)8(5)11/h2H,1H3. The first-order valence-corrected chi connectivity index (χ1v) is 3.57. The molecule has 72 valence electrons. The first-order valence-electron chi connectivity index (χ1n) is 3.57. The third-order valence-corrected chi connectivity index (χ3v) is 1.65. The molecular formula is C9H4F3NO. The van der Waals surface area contributed by atoms with Gasteiger partial charge in [0.1, 0.15) is 11.6 Å². The van der Waals surface area contributed by atoms with Crippen LogP contribution in [0.15, 0.2) is 6.07 Å². The lowest BCUT2D eigenvalue weighted by Crippen LogP contribution is -2.04. The first kappa shape index (κ1) is 10.3. The zero-order valence-corrected chi connectivity index (χ0v) is 7.07. The topological polar surface area (TPSA) is 40.9 Å². The Labute approximate surface area is 77.6 Å². The average Bonchev–Trinajstić information content (AvgIpc) is 2.12. The molecule has 1 aromatic carbocycles. The molecule has 5 heteroatoms. The molecule has 0 unspecified atom stereocenters. The van der Waals surface area contributed by atoms with Crippen molar-refractivity contribution in [2.24, 2.45) is 0 Å². The van der Waals surface area contributed by atoms with E-state index in [1.807, 2.05) is 0 Å². The van der Waals surface area contributed by atoms with Gasteiger partial charge in [0, 0.05) is 0 Å². The van der Waals surface area contributed by atoms with E-state index >= 15 is 0 Å². The van der Waals surface area contributed by atoms with E-state index in [9.17, 15) is 18.0 Å². The van der Waals surface area contributed by atoms with E-state index in [0.717, 1.165) is 13.0 Å². The SMILES string of the molecule is CC(=O)c1cc(F)c(F)c(C#N)c1F. The van der Waals surface area contributed by atoms with Gasteiger partial charge in [-0.1, -0.05) is 0 Å². The molecule has 0 aromatic heterocycles. The van der Waals surface area contributed by atoms with Crippen LogP contribution in [0.3, 0.4) is 0 Å². The summed E-state index contributed by atoms with van der Waals surface area (Å²) in [4.78, 5) is 10.8. The third-order valence-electron chi connectivity index (χ3n) is 1.65. The second-order valence-electron chi connectivity index (χ2n) is 2.58. The Morgan fingerprint density at radius 2 is 1.93 bits per heavy atom. The number of Topliss-reactive ketones (excluding diaryl/α,β-unsaturated/α-hetero) is 1. The van der Waals surface area contributed by atoms with Crippen LogP contribution >= 0.6 is 0 Å². The van der Waals surface area contributed by atoms with Crippen molar-refractivity contribution in [1.29, 1.82) is 5.26 Å². The van der Waals surface area contributed by atoms with Gasteiger partial charge in [0.05, 0.1) is 5.56 Å². The van der Waals surface area contributed by atoms with Crippen LogP contribution in [0.4, 0.5) is 13.2 Å². The van der Waals surface area contributed by atoms with Crippen LogP contribution < -0.4 is 0 Å². The van der Waals surface area contributed by atoms with Crippen molar-refractivity contribution in [1.82, 2.24) is 0 Å². The van der Waals surface area contributed by atoms with E-state index in [4.69, 9.17) is 5.26 Å². The van der Waals surface area contributed by atoms with Crippen LogP contribution in [-0.2, 0) is 0 Å². The fourth-order valence-corrected chi connectivity index (χ4v) is 0.958. The Balaban J connectivity index is 3.61. The van der Waals surface area contributed by atoms with Crippen LogP contribution in [0.1, 0.15) is 22.8 Å². The fourth-order valence-electron chi connectivity index (χ4n) is 0.958. The lowest BCUT2D eigenvalue weighted by Gasteiger charge is -2.02. The normalized spacial score (nSPS) is 9.64. The van der Waals surface area contributed by atoms with E-state index in [-0.39, 0.29) is 0 Å². The van der Waals surface area contributed by atoms with Crippen LogP contribution in [0.5, 0.6) is 0 Å². The summed E-state index contributed by atoms with van der Waals surface area (Å²) in [6.45, 7) is 0.997. The zero-order valence-electron chi connectivity index (χ0n) is 7.07. The van der Waals surface area contributed by atoms with Gasteiger partial charge in [0.15, 0.2) is 23.2 Å². The molecule has 0 aliphatic heterocycles. The van der Waals surface area contributed by atoms with E-state index < -0.39 is 34.4 Å². The summed E-state index contributed by atoms with van der Waals surface area (Å²) in [6.07, 6.45) is 0. The zero-order chi connectivity index (χ0) is 10.9. The van der Waals surface area contributed by atoms with Gasteiger partial charge in [-0.2, -0.15) is 5.26 Å². The van der Waals surface area contributed by atoms with Gasteiger partial charge in [0.25, 0.3) is 0 Å². The molecule has 0 N–H and O–H groups in total. The number of ketones is 1. The third kappa shape index (κ3) is 1.46. The van der Waals surface area contributed by atoms with Crippen molar-refractivity contribution in [3.05, 3.63) is 34.6 Å². The summed E-state index contributed by atoms with van der Waals surface area (Å²) in [6, 6.07) is 1.60. The predicted molar refractivity (Wildman–Crippen MR) is 41.0 cm³/mol. The number of hydrogen-bond donors (Lipinski definition) is 0. The maximum Gasteiger partial charge on any atom is 0.179 e. The Bertz CT molecular complexity index is 448. The number of nitrogens with zero attached hydrogens (tertiary/aromatic N) is 1. The molecule has 0 heterocycles. The minimum absolute atomic E-state index is 0.438. The molecule has 1 rings (SSSR count). The van der Waals surface area contributed by atoms with Gasteiger partial charge in [-0.25, -0.2) is 13.2 Å². The number of nitriles is 1. The molecule has 14 heavy (non-hydrogen) atoms. The van der Waals surface area contributed by atoms with E-state index in [1.165, 1.54) is 0 Å². The number of hydrogen-bond acceptors (Lipinski definition) is 2. The van der Waals surface area contributed by atoms with Crippen molar-refractivity contribution in [3.8, 4) is 6.07 Å². The van der Waals surface area contributed by atoms with Crippen LogP contribution in [0.25, 0.3) is 0 Å². The highest BCUT2D eigenvalue weighted by molar-refractivity contribution is 5.94. The lowest BCUT2D eigenvalue weighted by atomic mass is 10.1. The van der Waals surface area contributed by atoms with Gasteiger partial charge < -0.3 is 0 Å². The smallest absolute Gasteiger partial charge is 0.179 e. The van der Waals surface area contributed by atoms with E-state index in [1.54, 1.807) is 0 Å². The molecule has 0 amide bonds. The fraction of sp³-hybridized carbons (Fsp3) is 0.111. The molecule has 0 bridgehead atoms. The number of carbonyl (C=O) groups excluding carboxylic acids is 1.